The lowest BCUT2D eigenvalue weighted by Crippen LogP contribution is -2.17. The molecule has 2 radical (unpaired) electrons. The molecule has 0 bridgehead atoms. The van der Waals surface area contributed by atoms with Gasteiger partial charge in [-0.3, -0.25) is 24.0 Å². The summed E-state index contributed by atoms with van der Waals surface area (Å²) < 4.78 is 71.3. The molecule has 0 aliphatic rings. The fourth-order valence-electron chi connectivity index (χ4n) is 8.88. The maximum atomic E-state index is 12.8. The molecule has 0 aliphatic carbocycles. The van der Waals surface area contributed by atoms with E-state index >= 15 is 0 Å². The number of carbonyl (C=O) groups is 6. The fraction of sp³-hybridized carbons (Fsp3) is 0.178. The van der Waals surface area contributed by atoms with Gasteiger partial charge >= 0.3 is 5.97 Å². The molecular weight excluding hydrogens is 1210 g/mol. The molecule has 5 aromatic carbocycles. The number of hydrogen-bond acceptors (Lipinski definition) is 7. The predicted molar refractivity (Wildman–Crippen MR) is 358 cm³/mol. The summed E-state index contributed by atoms with van der Waals surface area (Å²) in [7, 11) is 12.2. The lowest BCUT2D eigenvalue weighted by atomic mass is 9.99. The predicted octanol–water partition coefficient (Wildman–Crippen LogP) is 14.8. The van der Waals surface area contributed by atoms with Crippen LogP contribution in [-0.2, 0) is 63.5 Å². The van der Waals surface area contributed by atoms with Crippen LogP contribution in [0.4, 0.5) is 22.0 Å². The van der Waals surface area contributed by atoms with E-state index in [-0.39, 0.29) is 52.0 Å². The van der Waals surface area contributed by atoms with Crippen molar-refractivity contribution in [1.82, 2.24) is 28.2 Å². The number of nitrogens with zero attached hydrogens (tertiary/aromatic N) is 4. The first kappa shape index (κ1) is 75.1. The Hall–Kier alpha value is -10.3. The molecule has 6 aromatic heterocycles. The van der Waals surface area contributed by atoms with Crippen molar-refractivity contribution in [2.75, 3.05) is 6.26 Å². The number of aliphatic carboxylic acids is 1. The highest BCUT2D eigenvalue weighted by atomic mass is 32.1. The summed E-state index contributed by atoms with van der Waals surface area (Å²) in [5.74, 6) is -4.67. The van der Waals surface area contributed by atoms with Gasteiger partial charge < -0.3 is 33.3 Å². The summed E-state index contributed by atoms with van der Waals surface area (Å²) >= 11 is 3.53. The Labute approximate surface area is 545 Å². The van der Waals surface area contributed by atoms with Gasteiger partial charge in [0.25, 0.3) is 0 Å². The third kappa shape index (κ3) is 26.2. The third-order valence-electron chi connectivity index (χ3n) is 13.4. The van der Waals surface area contributed by atoms with Crippen LogP contribution in [-0.4, -0.2) is 82.3 Å². The van der Waals surface area contributed by atoms with E-state index in [1.54, 1.807) is 91.2 Å². The average Bonchev–Trinajstić information content (AvgIpc) is 2.78. The molecule has 6 heterocycles. The number of carboxylic acids is 1. The van der Waals surface area contributed by atoms with Gasteiger partial charge in [-0.05, 0) is 187 Å². The van der Waals surface area contributed by atoms with Gasteiger partial charge in [0.1, 0.15) is 29.1 Å². The summed E-state index contributed by atoms with van der Waals surface area (Å²) in [5, 5.41) is 8.51. The molecule has 0 saturated carbocycles. The van der Waals surface area contributed by atoms with Crippen molar-refractivity contribution in [1.29, 1.82) is 0 Å². The van der Waals surface area contributed by atoms with E-state index in [1.165, 1.54) is 98.3 Å². The van der Waals surface area contributed by atoms with Gasteiger partial charge in [-0.1, -0.05) is 55.4 Å². The van der Waals surface area contributed by atoms with Gasteiger partial charge in [0.15, 0.2) is 23.1 Å². The summed E-state index contributed by atoms with van der Waals surface area (Å²) in [6, 6.07) is 38.5. The van der Waals surface area contributed by atoms with Crippen molar-refractivity contribution in [2.45, 2.75) is 52.8 Å². The Morgan fingerprint density at radius 3 is 1.17 bits per heavy atom. The van der Waals surface area contributed by atoms with Crippen LogP contribution >= 0.6 is 12.6 Å². The van der Waals surface area contributed by atoms with Gasteiger partial charge in [-0.15, -0.1) is 0 Å². The van der Waals surface area contributed by atoms with E-state index in [4.69, 9.17) is 5.11 Å². The van der Waals surface area contributed by atoms with Gasteiger partial charge in [-0.2, -0.15) is 12.6 Å². The summed E-state index contributed by atoms with van der Waals surface area (Å²) in [4.78, 5) is 73.7. The highest BCUT2D eigenvalue weighted by Gasteiger charge is 2.21. The van der Waals surface area contributed by atoms with Crippen molar-refractivity contribution in [2.24, 2.45) is 28.2 Å². The van der Waals surface area contributed by atoms with Gasteiger partial charge in [-0.25, -0.2) is 26.7 Å². The highest BCUT2D eigenvalue weighted by molar-refractivity contribution is 7.79. The van der Waals surface area contributed by atoms with Crippen LogP contribution in [0.25, 0.3) is 0 Å². The zero-order valence-electron chi connectivity index (χ0n) is 52.9. The Bertz CT molecular complexity index is 4080. The third-order valence-corrected chi connectivity index (χ3v) is 13.4. The topological polar surface area (TPSA) is 174 Å². The number of rotatable bonds is 16. The number of H-pyrrole nitrogens is 2. The molecule has 20 heteroatoms. The number of nitrogens with one attached hydrogen (secondary N) is 2. The monoisotopic (exact) mass is 1280 g/mol. The molecule has 93 heavy (non-hydrogen) atoms. The Balaban J connectivity index is 0.000000240. The first-order valence-electron chi connectivity index (χ1n) is 28.9. The number of halogens is 5. The van der Waals surface area contributed by atoms with Gasteiger partial charge in [0.2, 0.25) is 5.78 Å². The van der Waals surface area contributed by atoms with Gasteiger partial charge in [0.05, 0.1) is 14.3 Å². The standard InChI is InChI=1S/C15H12FNO4.C14H14FNO.C13H12FNO.C12H10FNO.C12H12FN.C5H7N.CH3B.CH4S/c16-11-3-1-9(2-4-11)5-10-7-17-8-12(10)13(18)6-14(19)15(20)21;1-10(17)14-9-16(2)8-12(14)7-11-3-5-13(15)6-4-11;1-9(16)13-8-15-7-11(13)6-10-2-4-12(14)5-3-10;1-14-7-6-10(8-14)12(15)9-2-4-11(13)5-3-9;1-14-7-6-11(9-14)8-10-2-4-12(13)5-3-10;1-6-4-2-3-5-6;2*1-2/h1-4,7-8,17H,5-6H2,(H,20,21);3-6,8-9H,7H2,1-2H3;2-5,7-8,15H,6H2,1H3;2-8H,1H3;2-7,9H,8H2,1H3;2-5H,1H3;1H3;2H,1H3. The van der Waals surface area contributed by atoms with E-state index < -0.39 is 24.0 Å². The second-order valence-corrected chi connectivity index (χ2v) is 20.7. The second-order valence-electron chi connectivity index (χ2n) is 20.7. The molecule has 0 atom stereocenters. The molecule has 482 valence electrons. The minimum atomic E-state index is -1.63. The Kier molecular flexibility index (Phi) is 31.5. The zero-order valence-corrected chi connectivity index (χ0v) is 53.8. The highest BCUT2D eigenvalue weighted by Crippen LogP contribution is 2.20. The minimum absolute atomic E-state index is 0.0401. The summed E-state index contributed by atoms with van der Waals surface area (Å²) in [6.07, 6.45) is 25.5. The van der Waals surface area contributed by atoms with Gasteiger partial charge in [0, 0.05) is 130 Å². The number of benzene rings is 5. The molecule has 11 rings (SSSR count). The number of aromatic amines is 2. The smallest absolute Gasteiger partial charge is 0.372 e. The first-order valence-corrected chi connectivity index (χ1v) is 29.8. The lowest BCUT2D eigenvalue weighted by molar-refractivity contribution is -0.148. The molecule has 13 nitrogen and oxygen atoms in total. The molecular formula is C73H74BF5N6O7S. The van der Waals surface area contributed by atoms with Crippen molar-refractivity contribution in [3.05, 3.63) is 321 Å². The van der Waals surface area contributed by atoms with E-state index in [0.29, 0.717) is 41.5 Å². The second kappa shape index (κ2) is 39.0. The van der Waals surface area contributed by atoms with Crippen LogP contribution in [0.5, 0.6) is 0 Å². The minimum Gasteiger partial charge on any atom is -0.475 e. The first-order chi connectivity index (χ1) is 44.5. The number of aromatic nitrogens is 6. The van der Waals surface area contributed by atoms with Crippen LogP contribution in [0, 0.1) is 29.1 Å². The number of thiol groups is 1. The number of carbonyl (C=O) groups excluding carboxylic acids is 5. The average molecular weight is 1290 g/mol. The largest absolute Gasteiger partial charge is 0.475 e. The van der Waals surface area contributed by atoms with E-state index in [0.717, 1.165) is 45.4 Å². The van der Waals surface area contributed by atoms with Crippen LogP contribution in [0.1, 0.15) is 112 Å². The number of ketones is 5. The molecule has 3 N–H and O–H groups in total. The SMILES string of the molecule is CC(=O)c1c[nH]cc1Cc1ccc(F)cc1.CC(=O)c1cn(C)cc1Cc1ccc(F)cc1.CS.Cn1ccc(C(=O)c2ccc(F)cc2)c1.Cn1ccc(Cc2ccc(F)cc2)c1.Cn1cccc1.O=C(O)C(=O)CC(=O)c1c[nH]cc1Cc1ccc(F)cc1.[B]C. The van der Waals surface area contributed by atoms with Crippen LogP contribution in [0.15, 0.2) is 220 Å². The number of carboxylic acid groups (broad SMARTS) is 1. The van der Waals surface area contributed by atoms with Crippen LogP contribution in [0.2, 0.25) is 6.82 Å². The molecule has 11 aromatic rings. The zero-order chi connectivity index (χ0) is 68.6. The fourth-order valence-corrected chi connectivity index (χ4v) is 8.88. The molecule has 0 aliphatic heterocycles. The normalized spacial score (nSPS) is 9.96. The number of Topliss-reactive ketones (excluding diaryl/α,β-unsaturated/α-hetero) is 4. The summed E-state index contributed by atoms with van der Waals surface area (Å²) in [5.41, 5.74) is 10.5. The molecule has 0 fully saturated rings. The van der Waals surface area contributed by atoms with E-state index in [2.05, 4.69) is 42.7 Å². The quantitative estimate of drug-likeness (QED) is 0.0186. The molecule has 0 spiro atoms. The van der Waals surface area contributed by atoms with Crippen molar-refractivity contribution < 1.29 is 55.8 Å². The maximum Gasteiger partial charge on any atom is 0.372 e. The Morgan fingerprint density at radius 1 is 0.409 bits per heavy atom. The number of aryl methyl sites for hydroxylation is 4. The molecule has 0 amide bonds. The van der Waals surface area contributed by atoms with Crippen molar-refractivity contribution in [3.8, 4) is 0 Å². The molecule has 0 unspecified atom stereocenters. The number of hydrogen-bond donors (Lipinski definition) is 4. The van der Waals surface area contributed by atoms with Crippen molar-refractivity contribution in [3.63, 3.8) is 0 Å². The van der Waals surface area contributed by atoms with E-state index in [1.807, 2.05) is 97.1 Å². The van der Waals surface area contributed by atoms with Crippen LogP contribution in [0.3, 0.4) is 0 Å². The molecule has 0 saturated heterocycles. The van der Waals surface area contributed by atoms with E-state index in [9.17, 15) is 50.7 Å². The Morgan fingerprint density at radius 2 is 0.796 bits per heavy atom. The lowest BCUT2D eigenvalue weighted by Gasteiger charge is -2.03. The summed E-state index contributed by atoms with van der Waals surface area (Å²) in [6.45, 7) is 4.60. The van der Waals surface area contributed by atoms with Crippen LogP contribution < -0.4 is 0 Å². The van der Waals surface area contributed by atoms with Crippen molar-refractivity contribution >= 4 is 55.4 Å². The maximum absolute atomic E-state index is 12.8.